The topological polar surface area (TPSA) is 75.1 Å². The molecule has 0 bridgehead atoms. The monoisotopic (exact) mass is 510 g/mol. The lowest BCUT2D eigenvalue weighted by Gasteiger charge is -2.29. The number of hydrogen-bond donors (Lipinski definition) is 2. The molecule has 188 valence electrons. The highest BCUT2D eigenvalue weighted by Crippen LogP contribution is 2.39. The van der Waals surface area contributed by atoms with Crippen LogP contribution in [0.5, 0.6) is 0 Å². The molecule has 0 spiro atoms. The van der Waals surface area contributed by atoms with Crippen molar-refractivity contribution in [2.75, 3.05) is 11.9 Å². The quantitative estimate of drug-likeness (QED) is 0.312. The summed E-state index contributed by atoms with van der Waals surface area (Å²) in [5.74, 6) is -0.0329. The Labute approximate surface area is 222 Å². The van der Waals surface area contributed by atoms with Gasteiger partial charge in [-0.25, -0.2) is 0 Å². The van der Waals surface area contributed by atoms with E-state index in [1.807, 2.05) is 54.7 Å². The molecule has 2 unspecified atom stereocenters. The van der Waals surface area contributed by atoms with E-state index in [1.165, 1.54) is 0 Å². The molecule has 0 radical (unpaired) electrons. The Morgan fingerprint density at radius 3 is 2.70 bits per heavy atom. The van der Waals surface area contributed by atoms with E-state index < -0.39 is 0 Å². The van der Waals surface area contributed by atoms with Crippen LogP contribution in [-0.4, -0.2) is 37.0 Å². The van der Waals surface area contributed by atoms with E-state index in [0.717, 1.165) is 34.6 Å². The van der Waals surface area contributed by atoms with Gasteiger partial charge in [0.2, 0.25) is 5.91 Å². The van der Waals surface area contributed by atoms with Crippen LogP contribution in [0, 0.1) is 0 Å². The van der Waals surface area contributed by atoms with Crippen LogP contribution in [0.2, 0.25) is 0 Å². The number of carbonyl (C=O) groups excluding carboxylic acids is 1. The first-order valence-corrected chi connectivity index (χ1v) is 12.9. The number of hydrogen-bond acceptors (Lipinski definition) is 4. The molecule has 37 heavy (non-hydrogen) atoms. The van der Waals surface area contributed by atoms with E-state index in [2.05, 4.69) is 61.4 Å². The molecule has 1 fully saturated rings. The van der Waals surface area contributed by atoms with Crippen molar-refractivity contribution >= 4 is 28.9 Å². The van der Waals surface area contributed by atoms with Crippen molar-refractivity contribution in [3.05, 3.63) is 114 Å². The molecule has 0 aliphatic carbocycles. The number of carbonyl (C=O) groups is 1. The van der Waals surface area contributed by atoms with Crippen molar-refractivity contribution in [2.45, 2.75) is 38.4 Å². The summed E-state index contributed by atoms with van der Waals surface area (Å²) in [7, 11) is 0. The normalized spacial score (nSPS) is 17.0. The average Bonchev–Trinajstić information content (AvgIpc) is 3.52. The molecule has 3 aromatic heterocycles. The molecule has 1 aliphatic heterocycles. The van der Waals surface area contributed by atoms with Gasteiger partial charge < -0.3 is 20.1 Å². The van der Waals surface area contributed by atoms with Crippen LogP contribution in [0.1, 0.15) is 47.9 Å². The van der Waals surface area contributed by atoms with Crippen molar-refractivity contribution < 1.29 is 4.79 Å². The Bertz CT molecular complexity index is 1360. The number of nitrogens with one attached hydrogen (secondary N) is 2. The smallest absolute Gasteiger partial charge is 0.226 e. The van der Waals surface area contributed by atoms with Gasteiger partial charge in [0.1, 0.15) is 0 Å². The second-order valence-electron chi connectivity index (χ2n) is 9.05. The predicted octanol–water partition coefficient (Wildman–Crippen LogP) is 4.89. The van der Waals surface area contributed by atoms with Gasteiger partial charge >= 0.3 is 0 Å². The van der Waals surface area contributed by atoms with Gasteiger partial charge in [-0.3, -0.25) is 14.8 Å². The van der Waals surface area contributed by atoms with E-state index in [4.69, 9.17) is 12.2 Å². The zero-order valence-corrected chi connectivity index (χ0v) is 21.6. The number of benzene rings is 1. The molecule has 7 nitrogen and oxygen atoms in total. The zero-order valence-electron chi connectivity index (χ0n) is 20.7. The SMILES string of the molecule is CCc1ccccc1NC(=O)CCN1C(=S)NC(c2ccccn2)C1c1cccn1Cc1cccnc1. The van der Waals surface area contributed by atoms with Crippen LogP contribution >= 0.6 is 12.2 Å². The summed E-state index contributed by atoms with van der Waals surface area (Å²) in [6, 6.07) is 21.8. The van der Waals surface area contributed by atoms with Crippen LogP contribution in [0.4, 0.5) is 5.69 Å². The first-order chi connectivity index (χ1) is 18.1. The molecule has 2 N–H and O–H groups in total. The van der Waals surface area contributed by atoms with Gasteiger partial charge in [0.05, 0.1) is 17.8 Å². The number of amides is 1. The molecule has 0 saturated carbocycles. The maximum Gasteiger partial charge on any atom is 0.226 e. The third-order valence-corrected chi connectivity index (χ3v) is 7.05. The van der Waals surface area contributed by atoms with Crippen molar-refractivity contribution in [3.8, 4) is 0 Å². The lowest BCUT2D eigenvalue weighted by atomic mass is 10.0. The van der Waals surface area contributed by atoms with Gasteiger partial charge in [-0.05, 0) is 66.2 Å². The first kappa shape index (κ1) is 24.6. The van der Waals surface area contributed by atoms with Crippen LogP contribution in [0.3, 0.4) is 0 Å². The van der Waals surface area contributed by atoms with Crippen LogP contribution < -0.4 is 10.6 Å². The number of thiocarbonyl (C=S) groups is 1. The Morgan fingerprint density at radius 1 is 1.05 bits per heavy atom. The molecule has 2 atom stereocenters. The van der Waals surface area contributed by atoms with Crippen molar-refractivity contribution in [1.82, 2.24) is 24.8 Å². The van der Waals surface area contributed by atoms with Gasteiger partial charge in [0.15, 0.2) is 5.11 Å². The summed E-state index contributed by atoms with van der Waals surface area (Å²) < 4.78 is 2.22. The van der Waals surface area contributed by atoms with E-state index in [0.29, 0.717) is 24.6 Å². The second-order valence-corrected chi connectivity index (χ2v) is 9.44. The van der Waals surface area contributed by atoms with Gasteiger partial charge in [0, 0.05) is 55.7 Å². The summed E-state index contributed by atoms with van der Waals surface area (Å²) >= 11 is 5.80. The van der Waals surface area contributed by atoms with Gasteiger partial charge in [-0.1, -0.05) is 37.3 Å². The van der Waals surface area contributed by atoms with Crippen LogP contribution in [0.15, 0.2) is 91.5 Å². The summed E-state index contributed by atoms with van der Waals surface area (Å²) in [4.78, 5) is 24.0. The summed E-state index contributed by atoms with van der Waals surface area (Å²) in [5.41, 5.74) is 5.11. The maximum atomic E-state index is 13.0. The zero-order chi connectivity index (χ0) is 25.6. The number of rotatable bonds is 9. The van der Waals surface area contributed by atoms with Gasteiger partial charge in [-0.2, -0.15) is 0 Å². The molecular weight excluding hydrogens is 480 g/mol. The Morgan fingerprint density at radius 2 is 1.92 bits per heavy atom. The van der Waals surface area contributed by atoms with E-state index in [1.54, 1.807) is 12.4 Å². The second kappa shape index (κ2) is 11.3. The average molecular weight is 511 g/mol. The highest BCUT2D eigenvalue weighted by molar-refractivity contribution is 7.80. The molecule has 5 rings (SSSR count). The maximum absolute atomic E-state index is 13.0. The largest absolute Gasteiger partial charge is 0.352 e. The molecule has 1 amide bonds. The highest BCUT2D eigenvalue weighted by atomic mass is 32.1. The summed E-state index contributed by atoms with van der Waals surface area (Å²) in [5, 5.41) is 7.18. The third kappa shape index (κ3) is 5.54. The molecule has 1 aromatic carbocycles. The number of aryl methyl sites for hydroxylation is 1. The lowest BCUT2D eigenvalue weighted by molar-refractivity contribution is -0.116. The van der Waals surface area contributed by atoms with Crippen molar-refractivity contribution in [1.29, 1.82) is 0 Å². The lowest BCUT2D eigenvalue weighted by Crippen LogP contribution is -2.33. The number of para-hydroxylation sites is 1. The van der Waals surface area contributed by atoms with E-state index >= 15 is 0 Å². The van der Waals surface area contributed by atoms with Crippen LogP contribution in [0.25, 0.3) is 0 Å². The van der Waals surface area contributed by atoms with Crippen LogP contribution in [-0.2, 0) is 17.8 Å². The molecule has 4 heterocycles. The molecule has 4 aromatic rings. The summed E-state index contributed by atoms with van der Waals surface area (Å²) in [6.45, 7) is 3.26. The molecule has 1 saturated heterocycles. The Hall–Kier alpha value is -4.04. The number of aromatic nitrogens is 3. The van der Waals surface area contributed by atoms with Gasteiger partial charge in [0.25, 0.3) is 0 Å². The Balaban J connectivity index is 1.40. The minimum absolute atomic E-state index is 0.0329. The van der Waals surface area contributed by atoms with Crippen molar-refractivity contribution in [3.63, 3.8) is 0 Å². The Kier molecular flexibility index (Phi) is 7.56. The fraction of sp³-hybridized carbons (Fsp3) is 0.241. The fourth-order valence-corrected chi connectivity index (χ4v) is 5.21. The standard InChI is InChI=1S/C29H30N6OS/c1-2-22-10-3-4-11-23(22)32-26(36)14-18-35-28(27(33-29(35)37)24-12-5-6-16-31-24)25-13-8-17-34(25)20-21-9-7-15-30-19-21/h3-13,15-17,19,27-28H,2,14,18,20H2,1H3,(H,32,36)(H,33,37). The predicted molar refractivity (Wildman–Crippen MR) is 149 cm³/mol. The molecule has 8 heteroatoms. The minimum atomic E-state index is -0.139. The van der Waals surface area contributed by atoms with Crippen molar-refractivity contribution in [2.24, 2.45) is 0 Å². The van der Waals surface area contributed by atoms with E-state index in [-0.39, 0.29) is 18.0 Å². The van der Waals surface area contributed by atoms with E-state index in [9.17, 15) is 4.79 Å². The highest BCUT2D eigenvalue weighted by Gasteiger charge is 2.41. The first-order valence-electron chi connectivity index (χ1n) is 12.5. The fourth-order valence-electron chi connectivity index (χ4n) is 4.88. The molecule has 1 aliphatic rings. The minimum Gasteiger partial charge on any atom is -0.352 e. The number of pyridine rings is 2. The van der Waals surface area contributed by atoms with Gasteiger partial charge in [-0.15, -0.1) is 0 Å². The molecular formula is C29H30N6OS. The number of anilines is 1. The number of nitrogens with zero attached hydrogens (tertiary/aromatic N) is 4. The summed E-state index contributed by atoms with van der Waals surface area (Å²) in [6.07, 6.45) is 8.71. The third-order valence-electron chi connectivity index (χ3n) is 6.69.